The van der Waals surface area contributed by atoms with Crippen LogP contribution in [0, 0.1) is 11.6 Å². The number of carbonyl (C=O) groups excluding carboxylic acids is 1. The Bertz CT molecular complexity index is 513. The lowest BCUT2D eigenvalue weighted by molar-refractivity contribution is 0.0214. The van der Waals surface area contributed by atoms with E-state index in [4.69, 9.17) is 0 Å². The average Bonchev–Trinajstić information content (AvgIpc) is 2.48. The van der Waals surface area contributed by atoms with Crippen LogP contribution in [-0.2, 0) is 0 Å². The predicted molar refractivity (Wildman–Crippen MR) is 76.1 cm³/mol. The summed E-state index contributed by atoms with van der Waals surface area (Å²) in [7, 11) is 0. The maximum atomic E-state index is 13.9. The molecule has 1 saturated heterocycles. The molecular formula is C16H20F2N2O. The van der Waals surface area contributed by atoms with Crippen molar-refractivity contribution in [1.82, 2.24) is 10.2 Å². The number of amides is 1. The van der Waals surface area contributed by atoms with Gasteiger partial charge in [-0.05, 0) is 25.0 Å². The Labute approximate surface area is 123 Å². The Balaban J connectivity index is 1.95. The van der Waals surface area contributed by atoms with E-state index in [0.717, 1.165) is 50.8 Å². The fraction of sp³-hybridized carbons (Fsp3) is 0.562. The molecule has 1 aliphatic heterocycles. The number of halogens is 2. The SMILES string of the molecule is O=C(c1c(F)cccc1F)N1CCNCC12CCCCC2. The first-order valence-electron chi connectivity index (χ1n) is 7.61. The highest BCUT2D eigenvalue weighted by Gasteiger charge is 2.43. The van der Waals surface area contributed by atoms with E-state index >= 15 is 0 Å². The molecule has 5 heteroatoms. The molecule has 3 rings (SSSR count). The van der Waals surface area contributed by atoms with Crippen molar-refractivity contribution in [3.8, 4) is 0 Å². The van der Waals surface area contributed by atoms with Crippen LogP contribution in [0.5, 0.6) is 0 Å². The van der Waals surface area contributed by atoms with E-state index in [1.807, 2.05) is 0 Å². The minimum absolute atomic E-state index is 0.275. The summed E-state index contributed by atoms with van der Waals surface area (Å²) in [4.78, 5) is 14.4. The van der Waals surface area contributed by atoms with E-state index in [1.54, 1.807) is 4.90 Å². The fourth-order valence-electron chi connectivity index (χ4n) is 3.66. The van der Waals surface area contributed by atoms with Gasteiger partial charge in [-0.2, -0.15) is 0 Å². The molecule has 1 heterocycles. The van der Waals surface area contributed by atoms with E-state index < -0.39 is 23.1 Å². The summed E-state index contributed by atoms with van der Waals surface area (Å²) in [6.45, 7) is 1.89. The molecule has 0 aromatic heterocycles. The third-order valence-corrected chi connectivity index (χ3v) is 4.74. The zero-order chi connectivity index (χ0) is 14.9. The van der Waals surface area contributed by atoms with E-state index in [-0.39, 0.29) is 5.54 Å². The number of nitrogens with one attached hydrogen (secondary N) is 1. The van der Waals surface area contributed by atoms with Crippen molar-refractivity contribution >= 4 is 5.91 Å². The van der Waals surface area contributed by atoms with Gasteiger partial charge in [-0.3, -0.25) is 4.79 Å². The molecular weight excluding hydrogens is 274 g/mol. The lowest BCUT2D eigenvalue weighted by Gasteiger charge is -2.49. The smallest absolute Gasteiger partial charge is 0.260 e. The number of rotatable bonds is 1. The van der Waals surface area contributed by atoms with E-state index in [2.05, 4.69) is 5.32 Å². The second-order valence-electron chi connectivity index (χ2n) is 6.02. The van der Waals surface area contributed by atoms with Crippen LogP contribution in [0.3, 0.4) is 0 Å². The number of nitrogens with zero attached hydrogens (tertiary/aromatic N) is 1. The highest BCUT2D eigenvalue weighted by atomic mass is 19.1. The van der Waals surface area contributed by atoms with Gasteiger partial charge in [0, 0.05) is 19.6 Å². The minimum Gasteiger partial charge on any atom is -0.330 e. The summed E-state index contributed by atoms with van der Waals surface area (Å²) in [6, 6.07) is 3.58. The molecule has 2 fully saturated rings. The third-order valence-electron chi connectivity index (χ3n) is 4.74. The van der Waals surface area contributed by atoms with Gasteiger partial charge in [0.25, 0.3) is 5.91 Å². The summed E-state index contributed by atoms with van der Waals surface area (Å²) >= 11 is 0. The largest absolute Gasteiger partial charge is 0.330 e. The van der Waals surface area contributed by atoms with Crippen molar-refractivity contribution in [2.45, 2.75) is 37.6 Å². The summed E-state index contributed by atoms with van der Waals surface area (Å²) in [5, 5.41) is 3.33. The summed E-state index contributed by atoms with van der Waals surface area (Å²) < 4.78 is 27.8. The number of carbonyl (C=O) groups is 1. The normalized spacial score (nSPS) is 21.5. The van der Waals surface area contributed by atoms with Crippen LogP contribution < -0.4 is 5.32 Å². The van der Waals surface area contributed by atoms with Gasteiger partial charge < -0.3 is 10.2 Å². The molecule has 21 heavy (non-hydrogen) atoms. The highest BCUT2D eigenvalue weighted by Crippen LogP contribution is 2.36. The second kappa shape index (κ2) is 5.72. The molecule has 1 aliphatic carbocycles. The van der Waals surface area contributed by atoms with E-state index in [1.165, 1.54) is 6.07 Å². The number of piperazine rings is 1. The molecule has 0 atom stereocenters. The Morgan fingerprint density at radius 2 is 1.81 bits per heavy atom. The Hall–Kier alpha value is -1.49. The van der Waals surface area contributed by atoms with Crippen molar-refractivity contribution < 1.29 is 13.6 Å². The molecule has 3 nitrogen and oxygen atoms in total. The zero-order valence-corrected chi connectivity index (χ0v) is 12.0. The molecule has 1 amide bonds. The number of benzene rings is 1. The second-order valence-corrected chi connectivity index (χ2v) is 6.02. The van der Waals surface area contributed by atoms with Gasteiger partial charge in [-0.15, -0.1) is 0 Å². The highest BCUT2D eigenvalue weighted by molar-refractivity contribution is 5.95. The molecule has 1 aromatic carbocycles. The van der Waals surface area contributed by atoms with Gasteiger partial charge in [-0.25, -0.2) is 8.78 Å². The van der Waals surface area contributed by atoms with Crippen LogP contribution >= 0.6 is 0 Å². The van der Waals surface area contributed by atoms with Gasteiger partial charge in [0.05, 0.1) is 5.54 Å². The van der Waals surface area contributed by atoms with Gasteiger partial charge >= 0.3 is 0 Å². The lowest BCUT2D eigenvalue weighted by atomic mass is 9.78. The van der Waals surface area contributed by atoms with Crippen LogP contribution in [0.25, 0.3) is 0 Å². The predicted octanol–water partition coefficient (Wildman–Crippen LogP) is 2.71. The van der Waals surface area contributed by atoms with Crippen molar-refractivity contribution in [2.75, 3.05) is 19.6 Å². The Kier molecular flexibility index (Phi) is 3.93. The van der Waals surface area contributed by atoms with Crippen molar-refractivity contribution in [2.24, 2.45) is 0 Å². The van der Waals surface area contributed by atoms with Crippen molar-refractivity contribution in [1.29, 1.82) is 0 Å². The van der Waals surface area contributed by atoms with Crippen molar-refractivity contribution in [3.63, 3.8) is 0 Å². The lowest BCUT2D eigenvalue weighted by Crippen LogP contribution is -2.63. The zero-order valence-electron chi connectivity index (χ0n) is 12.0. The molecule has 1 aromatic rings. The van der Waals surface area contributed by atoms with Gasteiger partial charge in [-0.1, -0.05) is 25.3 Å². The molecule has 0 radical (unpaired) electrons. The Morgan fingerprint density at radius 3 is 2.48 bits per heavy atom. The molecule has 1 spiro atoms. The summed E-state index contributed by atoms with van der Waals surface area (Å²) in [5.41, 5.74) is -0.688. The maximum absolute atomic E-state index is 13.9. The molecule has 2 aliphatic rings. The first-order valence-corrected chi connectivity index (χ1v) is 7.61. The van der Waals surface area contributed by atoms with Crippen LogP contribution in [-0.4, -0.2) is 36.0 Å². The summed E-state index contributed by atoms with van der Waals surface area (Å²) in [6.07, 6.45) is 5.10. The van der Waals surface area contributed by atoms with E-state index in [9.17, 15) is 13.6 Å². The van der Waals surface area contributed by atoms with Crippen LogP contribution in [0.1, 0.15) is 42.5 Å². The molecule has 114 valence electrons. The van der Waals surface area contributed by atoms with Gasteiger partial charge in [0.2, 0.25) is 0 Å². The quantitative estimate of drug-likeness (QED) is 0.864. The Morgan fingerprint density at radius 1 is 1.14 bits per heavy atom. The minimum atomic E-state index is -0.774. The number of hydrogen-bond acceptors (Lipinski definition) is 2. The van der Waals surface area contributed by atoms with Crippen LogP contribution in [0.4, 0.5) is 8.78 Å². The molecule has 1 N–H and O–H groups in total. The fourth-order valence-corrected chi connectivity index (χ4v) is 3.66. The first-order chi connectivity index (χ1) is 10.1. The number of hydrogen-bond donors (Lipinski definition) is 1. The van der Waals surface area contributed by atoms with Gasteiger partial charge in [0.15, 0.2) is 0 Å². The molecule has 0 unspecified atom stereocenters. The van der Waals surface area contributed by atoms with E-state index in [0.29, 0.717) is 13.1 Å². The van der Waals surface area contributed by atoms with Crippen LogP contribution in [0.2, 0.25) is 0 Å². The molecule has 1 saturated carbocycles. The van der Waals surface area contributed by atoms with Gasteiger partial charge in [0.1, 0.15) is 17.2 Å². The van der Waals surface area contributed by atoms with Crippen molar-refractivity contribution in [3.05, 3.63) is 35.4 Å². The average molecular weight is 294 g/mol. The topological polar surface area (TPSA) is 32.3 Å². The standard InChI is InChI=1S/C16H20F2N2O/c17-12-5-4-6-13(18)14(12)15(21)20-10-9-19-11-16(20)7-2-1-3-8-16/h4-6,19H,1-3,7-11H2. The molecule has 0 bridgehead atoms. The van der Waals surface area contributed by atoms with Crippen LogP contribution in [0.15, 0.2) is 18.2 Å². The maximum Gasteiger partial charge on any atom is 0.260 e. The first kappa shape index (κ1) is 14.4. The summed E-state index contributed by atoms with van der Waals surface area (Å²) in [5.74, 6) is -2.05. The monoisotopic (exact) mass is 294 g/mol. The third kappa shape index (κ3) is 2.55.